The van der Waals surface area contributed by atoms with Gasteiger partial charge in [0.05, 0.1) is 0 Å². The third kappa shape index (κ3) is 8.73. The first-order valence-electron chi connectivity index (χ1n) is 15.9. The van der Waals surface area contributed by atoms with Crippen LogP contribution in [-0.4, -0.2) is 0 Å². The fraction of sp³-hybridized carbons (Fsp3) is 0.568. The molecule has 2 unspecified atom stereocenters. The largest absolute Gasteiger partial charge is 0.0804 e. The Bertz CT molecular complexity index is 972. The van der Waals surface area contributed by atoms with Crippen LogP contribution in [0.15, 0.2) is 60.7 Å². The standard InChI is InChI=1S/C37H52/c1-3-5-7-9-11-13-31-16-20-33(21-17-31)35-24-28-37(29-25-35)36-26-22-34(23-27-36)32-18-14-30(15-19-32)12-10-8-6-4-2/h18,20,22-31H,3-17,19,21H2,1-2H3. The highest BCUT2D eigenvalue weighted by Gasteiger charge is 2.16. The predicted molar refractivity (Wildman–Crippen MR) is 165 cm³/mol. The van der Waals surface area contributed by atoms with E-state index in [1.54, 1.807) is 11.1 Å². The van der Waals surface area contributed by atoms with E-state index in [0.29, 0.717) is 0 Å². The van der Waals surface area contributed by atoms with Crippen LogP contribution in [0.25, 0.3) is 22.3 Å². The van der Waals surface area contributed by atoms with Crippen molar-refractivity contribution < 1.29 is 0 Å². The Labute approximate surface area is 228 Å². The Balaban J connectivity index is 1.25. The average molecular weight is 497 g/mol. The van der Waals surface area contributed by atoms with Crippen LogP contribution in [0.5, 0.6) is 0 Å². The molecule has 0 fully saturated rings. The zero-order valence-electron chi connectivity index (χ0n) is 23.9. The predicted octanol–water partition coefficient (Wildman–Crippen LogP) is 12.1. The zero-order chi connectivity index (χ0) is 25.7. The molecule has 0 radical (unpaired) electrons. The number of hydrogen-bond donors (Lipinski definition) is 0. The van der Waals surface area contributed by atoms with E-state index in [9.17, 15) is 0 Å². The van der Waals surface area contributed by atoms with Gasteiger partial charge in [-0.05, 0) is 83.8 Å². The lowest BCUT2D eigenvalue weighted by molar-refractivity contribution is 0.423. The van der Waals surface area contributed by atoms with Crippen molar-refractivity contribution >= 4 is 11.1 Å². The van der Waals surface area contributed by atoms with Gasteiger partial charge in [-0.2, -0.15) is 0 Å². The number of rotatable bonds is 14. The van der Waals surface area contributed by atoms with Crippen LogP contribution in [0.2, 0.25) is 0 Å². The minimum Gasteiger partial charge on any atom is -0.0804 e. The van der Waals surface area contributed by atoms with Crippen molar-refractivity contribution in [3.63, 3.8) is 0 Å². The minimum atomic E-state index is 0.916. The van der Waals surface area contributed by atoms with Crippen molar-refractivity contribution in [2.45, 2.75) is 123 Å². The Morgan fingerprint density at radius 2 is 0.865 bits per heavy atom. The quantitative estimate of drug-likeness (QED) is 0.228. The summed E-state index contributed by atoms with van der Waals surface area (Å²) in [5.74, 6) is 1.83. The first-order valence-corrected chi connectivity index (χ1v) is 15.9. The summed E-state index contributed by atoms with van der Waals surface area (Å²) >= 11 is 0. The Morgan fingerprint density at radius 1 is 0.486 bits per heavy atom. The molecule has 200 valence electrons. The molecule has 0 nitrogen and oxygen atoms in total. The van der Waals surface area contributed by atoms with Gasteiger partial charge in [0.15, 0.2) is 0 Å². The smallest absolute Gasteiger partial charge is 0.0184 e. The third-order valence-corrected chi connectivity index (χ3v) is 9.07. The van der Waals surface area contributed by atoms with E-state index in [0.717, 1.165) is 11.8 Å². The highest BCUT2D eigenvalue weighted by atomic mass is 14.2. The van der Waals surface area contributed by atoms with Gasteiger partial charge in [0.1, 0.15) is 0 Å². The van der Waals surface area contributed by atoms with Gasteiger partial charge in [0, 0.05) is 0 Å². The van der Waals surface area contributed by atoms with Gasteiger partial charge in [-0.3, -0.25) is 0 Å². The van der Waals surface area contributed by atoms with Gasteiger partial charge in [-0.15, -0.1) is 0 Å². The van der Waals surface area contributed by atoms with Crippen molar-refractivity contribution in [1.29, 1.82) is 0 Å². The maximum atomic E-state index is 2.54. The summed E-state index contributed by atoms with van der Waals surface area (Å²) in [7, 11) is 0. The van der Waals surface area contributed by atoms with Crippen molar-refractivity contribution in [2.75, 3.05) is 0 Å². The van der Waals surface area contributed by atoms with Crippen LogP contribution >= 0.6 is 0 Å². The van der Waals surface area contributed by atoms with Crippen molar-refractivity contribution in [3.05, 3.63) is 71.8 Å². The molecule has 0 bridgehead atoms. The molecular formula is C37H52. The van der Waals surface area contributed by atoms with E-state index in [2.05, 4.69) is 74.5 Å². The monoisotopic (exact) mass is 496 g/mol. The topological polar surface area (TPSA) is 0 Å². The van der Waals surface area contributed by atoms with Gasteiger partial charge < -0.3 is 0 Å². The molecule has 37 heavy (non-hydrogen) atoms. The molecule has 2 aromatic carbocycles. The molecule has 0 amide bonds. The van der Waals surface area contributed by atoms with E-state index < -0.39 is 0 Å². The zero-order valence-corrected chi connectivity index (χ0v) is 23.9. The first-order chi connectivity index (χ1) is 18.3. The minimum absolute atomic E-state index is 0.916. The molecule has 0 heterocycles. The molecule has 2 aliphatic carbocycles. The fourth-order valence-electron chi connectivity index (χ4n) is 6.48. The molecule has 2 aromatic rings. The van der Waals surface area contributed by atoms with Crippen molar-refractivity contribution in [3.8, 4) is 11.1 Å². The molecular weight excluding hydrogens is 444 g/mol. The van der Waals surface area contributed by atoms with E-state index >= 15 is 0 Å². The number of allylic oxidation sites excluding steroid dienone is 4. The summed E-state index contributed by atoms with van der Waals surface area (Å²) < 4.78 is 0. The second kappa shape index (κ2) is 15.4. The molecule has 0 saturated carbocycles. The molecule has 4 rings (SSSR count). The fourth-order valence-corrected chi connectivity index (χ4v) is 6.48. The molecule has 0 aliphatic heterocycles. The molecule has 2 atom stereocenters. The maximum Gasteiger partial charge on any atom is -0.0184 e. The summed E-state index contributed by atoms with van der Waals surface area (Å²) in [6.07, 6.45) is 28.4. The number of benzene rings is 2. The first kappa shape index (κ1) is 27.9. The van der Waals surface area contributed by atoms with Gasteiger partial charge >= 0.3 is 0 Å². The van der Waals surface area contributed by atoms with E-state index in [1.807, 2.05) is 0 Å². The lowest BCUT2D eigenvalue weighted by Gasteiger charge is -2.22. The van der Waals surface area contributed by atoms with Gasteiger partial charge in [0.25, 0.3) is 0 Å². The molecule has 2 aliphatic rings. The SMILES string of the molecule is CCCCCCCC1CC=C(c2ccc(-c3ccc(C4=CCC(CCCCCC)CC4)cc3)cc2)CC1. The van der Waals surface area contributed by atoms with Crippen molar-refractivity contribution in [1.82, 2.24) is 0 Å². The lowest BCUT2D eigenvalue weighted by atomic mass is 9.83. The Morgan fingerprint density at radius 3 is 1.24 bits per heavy atom. The molecule has 0 aromatic heterocycles. The lowest BCUT2D eigenvalue weighted by Crippen LogP contribution is -2.05. The second-order valence-corrected chi connectivity index (χ2v) is 11.9. The molecule has 0 spiro atoms. The third-order valence-electron chi connectivity index (χ3n) is 9.07. The van der Waals surface area contributed by atoms with Crippen LogP contribution in [-0.2, 0) is 0 Å². The van der Waals surface area contributed by atoms with Crippen LogP contribution in [0, 0.1) is 11.8 Å². The van der Waals surface area contributed by atoms with E-state index in [-0.39, 0.29) is 0 Å². The molecule has 0 N–H and O–H groups in total. The van der Waals surface area contributed by atoms with Gasteiger partial charge in [-0.1, -0.05) is 145 Å². The maximum absolute atomic E-state index is 2.54. The second-order valence-electron chi connectivity index (χ2n) is 11.9. The van der Waals surface area contributed by atoms with E-state index in [4.69, 9.17) is 0 Å². The highest BCUT2D eigenvalue weighted by Crippen LogP contribution is 2.35. The Kier molecular flexibility index (Phi) is 11.6. The summed E-state index contributed by atoms with van der Waals surface area (Å²) in [6.45, 7) is 4.60. The van der Waals surface area contributed by atoms with Crippen LogP contribution < -0.4 is 0 Å². The Hall–Kier alpha value is -2.08. The summed E-state index contributed by atoms with van der Waals surface area (Å²) in [5.41, 5.74) is 8.66. The summed E-state index contributed by atoms with van der Waals surface area (Å²) in [5, 5.41) is 0. The van der Waals surface area contributed by atoms with Crippen LogP contribution in [0.1, 0.15) is 134 Å². The highest BCUT2D eigenvalue weighted by molar-refractivity contribution is 5.73. The van der Waals surface area contributed by atoms with Crippen molar-refractivity contribution in [2.24, 2.45) is 11.8 Å². The van der Waals surface area contributed by atoms with Gasteiger partial charge in [-0.25, -0.2) is 0 Å². The van der Waals surface area contributed by atoms with E-state index in [1.165, 1.54) is 131 Å². The molecule has 0 heteroatoms. The number of unbranched alkanes of at least 4 members (excludes halogenated alkanes) is 7. The van der Waals surface area contributed by atoms with Crippen LogP contribution in [0.4, 0.5) is 0 Å². The van der Waals surface area contributed by atoms with Gasteiger partial charge in [0.2, 0.25) is 0 Å². The summed E-state index contributed by atoms with van der Waals surface area (Å²) in [6, 6.07) is 18.7. The normalized spacial score (nSPS) is 19.9. The average Bonchev–Trinajstić information content (AvgIpc) is 2.96. The van der Waals surface area contributed by atoms with Crippen LogP contribution in [0.3, 0.4) is 0 Å². The summed E-state index contributed by atoms with van der Waals surface area (Å²) in [4.78, 5) is 0. The molecule has 0 saturated heterocycles. The number of hydrogen-bond acceptors (Lipinski definition) is 0.